The maximum atomic E-state index is 11.5. The summed E-state index contributed by atoms with van der Waals surface area (Å²) in [7, 11) is 0. The highest BCUT2D eigenvalue weighted by Gasteiger charge is 2.09. The second-order valence-electron chi connectivity index (χ2n) is 2.84. The highest BCUT2D eigenvalue weighted by atomic mass is 32.1. The molecule has 0 aliphatic rings. The van der Waals surface area contributed by atoms with Crippen LogP contribution in [0.1, 0.15) is 0 Å². The average Bonchev–Trinajstić information content (AvgIpc) is 2.71. The lowest BCUT2D eigenvalue weighted by Crippen LogP contribution is -2.39. The maximum Gasteiger partial charge on any atom is 0.292 e. The van der Waals surface area contributed by atoms with E-state index in [1.807, 2.05) is 30.6 Å². The molecule has 2 aromatic heterocycles. The number of aromatic nitrogens is 3. The van der Waals surface area contributed by atoms with Crippen LogP contribution in [-0.2, 0) is 11.3 Å². The zero-order valence-corrected chi connectivity index (χ0v) is 8.65. The van der Waals surface area contributed by atoms with Gasteiger partial charge in [-0.2, -0.15) is 4.57 Å². The third kappa shape index (κ3) is 2.81. The van der Waals surface area contributed by atoms with Crippen molar-refractivity contribution in [2.75, 3.05) is 5.32 Å². The SMILES string of the molecule is O=C(C[n+]1ccccc1)Nc1nncs1. The van der Waals surface area contributed by atoms with Gasteiger partial charge >= 0.3 is 0 Å². The van der Waals surface area contributed by atoms with Gasteiger partial charge in [-0.1, -0.05) is 17.4 Å². The first-order valence-corrected chi connectivity index (χ1v) is 5.22. The summed E-state index contributed by atoms with van der Waals surface area (Å²) in [4.78, 5) is 11.5. The van der Waals surface area contributed by atoms with Crippen molar-refractivity contribution in [2.24, 2.45) is 0 Å². The lowest BCUT2D eigenvalue weighted by atomic mass is 10.4. The Balaban J connectivity index is 1.94. The molecule has 0 unspecified atom stereocenters. The van der Waals surface area contributed by atoms with E-state index >= 15 is 0 Å². The maximum absolute atomic E-state index is 11.5. The summed E-state index contributed by atoms with van der Waals surface area (Å²) in [6.07, 6.45) is 3.67. The molecule has 0 fully saturated rings. The van der Waals surface area contributed by atoms with E-state index in [0.717, 1.165) is 0 Å². The number of nitrogens with zero attached hydrogens (tertiary/aromatic N) is 3. The van der Waals surface area contributed by atoms with Gasteiger partial charge < -0.3 is 0 Å². The predicted molar refractivity (Wildman–Crippen MR) is 55.2 cm³/mol. The minimum absolute atomic E-state index is 0.108. The van der Waals surface area contributed by atoms with E-state index in [-0.39, 0.29) is 12.5 Å². The van der Waals surface area contributed by atoms with Crippen LogP contribution in [-0.4, -0.2) is 16.1 Å². The quantitative estimate of drug-likeness (QED) is 0.766. The van der Waals surface area contributed by atoms with E-state index < -0.39 is 0 Å². The molecule has 5 nitrogen and oxygen atoms in total. The fourth-order valence-corrected chi connectivity index (χ4v) is 1.55. The number of carbonyl (C=O) groups is 1. The van der Waals surface area contributed by atoms with Crippen LogP contribution >= 0.6 is 11.3 Å². The third-order valence-electron chi connectivity index (χ3n) is 1.71. The van der Waals surface area contributed by atoms with Gasteiger partial charge in [0.15, 0.2) is 12.4 Å². The van der Waals surface area contributed by atoms with Gasteiger partial charge in [0.25, 0.3) is 5.91 Å². The van der Waals surface area contributed by atoms with E-state index in [2.05, 4.69) is 15.5 Å². The van der Waals surface area contributed by atoms with Crippen molar-refractivity contribution in [1.82, 2.24) is 10.2 Å². The minimum Gasteiger partial charge on any atom is -0.295 e. The molecule has 0 aliphatic heterocycles. The molecule has 0 saturated heterocycles. The van der Waals surface area contributed by atoms with Crippen LogP contribution in [0.4, 0.5) is 5.13 Å². The van der Waals surface area contributed by atoms with Crippen LogP contribution in [0.15, 0.2) is 36.1 Å². The molecule has 0 atom stereocenters. The van der Waals surface area contributed by atoms with Gasteiger partial charge in [0.05, 0.1) is 0 Å². The lowest BCUT2D eigenvalue weighted by molar-refractivity contribution is -0.684. The van der Waals surface area contributed by atoms with Gasteiger partial charge in [0, 0.05) is 12.1 Å². The van der Waals surface area contributed by atoms with Gasteiger partial charge in [-0.25, -0.2) is 0 Å². The van der Waals surface area contributed by atoms with Crippen LogP contribution in [0, 0.1) is 0 Å². The summed E-state index contributed by atoms with van der Waals surface area (Å²) in [6.45, 7) is 0.278. The molecule has 1 N–H and O–H groups in total. The summed E-state index contributed by atoms with van der Waals surface area (Å²) in [5.74, 6) is -0.108. The summed E-state index contributed by atoms with van der Waals surface area (Å²) in [5.41, 5.74) is 1.57. The summed E-state index contributed by atoms with van der Waals surface area (Å²) in [5, 5.41) is 10.5. The van der Waals surface area contributed by atoms with Crippen molar-refractivity contribution >= 4 is 22.4 Å². The lowest BCUT2D eigenvalue weighted by Gasteiger charge is -1.96. The Kier molecular flexibility index (Phi) is 2.99. The molecule has 6 heteroatoms. The first kappa shape index (κ1) is 9.72. The van der Waals surface area contributed by atoms with Crippen molar-refractivity contribution < 1.29 is 9.36 Å². The molecule has 0 aliphatic carbocycles. The zero-order chi connectivity index (χ0) is 10.5. The van der Waals surface area contributed by atoms with Crippen molar-refractivity contribution in [2.45, 2.75) is 6.54 Å². The largest absolute Gasteiger partial charge is 0.295 e. The molecule has 1 amide bonds. The van der Waals surface area contributed by atoms with Gasteiger partial charge in [-0.3, -0.25) is 10.1 Å². The van der Waals surface area contributed by atoms with E-state index in [4.69, 9.17) is 0 Å². The summed E-state index contributed by atoms with van der Waals surface area (Å²) in [6, 6.07) is 5.65. The Morgan fingerprint density at radius 2 is 2.20 bits per heavy atom. The van der Waals surface area contributed by atoms with Crippen LogP contribution in [0.5, 0.6) is 0 Å². The summed E-state index contributed by atoms with van der Waals surface area (Å²) < 4.78 is 1.79. The van der Waals surface area contributed by atoms with Crippen LogP contribution in [0.2, 0.25) is 0 Å². The first-order valence-electron chi connectivity index (χ1n) is 4.35. The number of anilines is 1. The second kappa shape index (κ2) is 4.61. The predicted octanol–water partition coefficient (Wildman–Crippen LogP) is 0.464. The molecular formula is C9H9N4OS+. The topological polar surface area (TPSA) is 58.8 Å². The Labute approximate surface area is 90.4 Å². The molecule has 2 aromatic rings. The molecule has 76 valence electrons. The Morgan fingerprint density at radius 1 is 1.40 bits per heavy atom. The third-order valence-corrected chi connectivity index (χ3v) is 2.32. The van der Waals surface area contributed by atoms with Crippen molar-refractivity contribution in [3.63, 3.8) is 0 Å². The molecule has 2 rings (SSSR count). The van der Waals surface area contributed by atoms with Crippen molar-refractivity contribution in [3.05, 3.63) is 36.1 Å². The van der Waals surface area contributed by atoms with E-state index in [1.165, 1.54) is 11.3 Å². The monoisotopic (exact) mass is 221 g/mol. The normalized spacial score (nSPS) is 9.87. The second-order valence-corrected chi connectivity index (χ2v) is 3.67. The van der Waals surface area contributed by atoms with Crippen molar-refractivity contribution in [1.29, 1.82) is 0 Å². The number of pyridine rings is 1. The summed E-state index contributed by atoms with van der Waals surface area (Å²) >= 11 is 1.30. The van der Waals surface area contributed by atoms with Crippen LogP contribution < -0.4 is 9.88 Å². The molecule has 0 spiro atoms. The fraction of sp³-hybridized carbons (Fsp3) is 0.111. The van der Waals surface area contributed by atoms with Gasteiger partial charge in [0.2, 0.25) is 11.7 Å². The van der Waals surface area contributed by atoms with Crippen molar-refractivity contribution in [3.8, 4) is 0 Å². The fourth-order valence-electron chi connectivity index (χ4n) is 1.09. The zero-order valence-electron chi connectivity index (χ0n) is 7.83. The standard InChI is InChI=1S/C9H8N4OS/c14-8(11-9-12-10-7-15-9)6-13-4-2-1-3-5-13/h1-5,7H,6H2/p+1. The number of amides is 1. The Morgan fingerprint density at radius 3 is 2.87 bits per heavy atom. The van der Waals surface area contributed by atoms with Crippen LogP contribution in [0.25, 0.3) is 0 Å². The van der Waals surface area contributed by atoms with E-state index in [9.17, 15) is 4.79 Å². The average molecular weight is 221 g/mol. The number of hydrogen-bond donors (Lipinski definition) is 1. The van der Waals surface area contributed by atoms with Gasteiger partial charge in [-0.15, -0.1) is 10.2 Å². The number of rotatable bonds is 3. The highest BCUT2D eigenvalue weighted by molar-refractivity contribution is 7.13. The molecule has 0 bridgehead atoms. The van der Waals surface area contributed by atoms with Gasteiger partial charge in [-0.05, 0) is 0 Å². The molecule has 0 aromatic carbocycles. The molecule has 15 heavy (non-hydrogen) atoms. The molecule has 0 radical (unpaired) electrons. The first-order chi connectivity index (χ1) is 7.34. The van der Waals surface area contributed by atoms with E-state index in [0.29, 0.717) is 5.13 Å². The number of hydrogen-bond acceptors (Lipinski definition) is 4. The number of carbonyl (C=O) groups excluding carboxylic acids is 1. The van der Waals surface area contributed by atoms with Crippen LogP contribution in [0.3, 0.4) is 0 Å². The number of nitrogens with one attached hydrogen (secondary N) is 1. The highest BCUT2D eigenvalue weighted by Crippen LogP contribution is 2.06. The molecular weight excluding hydrogens is 212 g/mol. The Hall–Kier alpha value is -1.82. The Bertz CT molecular complexity index is 429. The van der Waals surface area contributed by atoms with Gasteiger partial charge in [0.1, 0.15) is 5.51 Å². The molecule has 0 saturated carbocycles. The minimum atomic E-state index is -0.108. The smallest absolute Gasteiger partial charge is 0.292 e. The van der Waals surface area contributed by atoms with E-state index in [1.54, 1.807) is 10.1 Å². The molecule has 2 heterocycles.